The molecule has 1 fully saturated rings. The summed E-state index contributed by atoms with van der Waals surface area (Å²) in [5, 5.41) is 2.98. The molecular weight excluding hydrogens is 307 g/mol. The predicted octanol–water partition coefficient (Wildman–Crippen LogP) is 3.19. The van der Waals surface area contributed by atoms with Crippen LogP contribution in [0.2, 0.25) is 5.02 Å². The first kappa shape index (κ1) is 15.9. The number of likely N-dealkylation sites (tertiary alicyclic amines) is 1. The van der Waals surface area contributed by atoms with Gasteiger partial charge in [-0.15, -0.1) is 0 Å². The van der Waals surface area contributed by atoms with Crippen molar-refractivity contribution in [1.29, 1.82) is 0 Å². The SMILES string of the molecule is CNc1ccc(Cl)c(C(=O)N2CCC(C(F)(F)F)CC2)n1. The minimum Gasteiger partial charge on any atom is -0.373 e. The molecule has 0 saturated carbocycles. The number of carbonyl (C=O) groups excluding carboxylic acids is 1. The largest absolute Gasteiger partial charge is 0.391 e. The van der Waals surface area contributed by atoms with Gasteiger partial charge >= 0.3 is 6.18 Å². The topological polar surface area (TPSA) is 45.2 Å². The van der Waals surface area contributed by atoms with E-state index in [1.54, 1.807) is 13.1 Å². The summed E-state index contributed by atoms with van der Waals surface area (Å²) >= 11 is 5.95. The number of carbonyl (C=O) groups is 1. The summed E-state index contributed by atoms with van der Waals surface area (Å²) in [6.07, 6.45) is -4.37. The highest BCUT2D eigenvalue weighted by atomic mass is 35.5. The zero-order valence-electron chi connectivity index (χ0n) is 11.4. The van der Waals surface area contributed by atoms with Crippen LogP contribution < -0.4 is 5.32 Å². The molecule has 116 valence electrons. The van der Waals surface area contributed by atoms with Crippen LogP contribution in [0.25, 0.3) is 0 Å². The number of halogens is 4. The number of aromatic nitrogens is 1. The fourth-order valence-electron chi connectivity index (χ4n) is 2.29. The van der Waals surface area contributed by atoms with Crippen LogP contribution >= 0.6 is 11.6 Å². The molecule has 1 aromatic heterocycles. The van der Waals surface area contributed by atoms with Gasteiger partial charge in [0, 0.05) is 20.1 Å². The van der Waals surface area contributed by atoms with Gasteiger partial charge in [0.15, 0.2) is 0 Å². The zero-order valence-corrected chi connectivity index (χ0v) is 12.1. The van der Waals surface area contributed by atoms with Crippen LogP contribution in [0.5, 0.6) is 0 Å². The maximum Gasteiger partial charge on any atom is 0.391 e. The Morgan fingerprint density at radius 1 is 1.38 bits per heavy atom. The molecule has 0 unspecified atom stereocenters. The number of nitrogens with zero attached hydrogens (tertiary/aromatic N) is 2. The Labute approximate surface area is 125 Å². The summed E-state index contributed by atoms with van der Waals surface area (Å²) in [7, 11) is 1.65. The molecule has 2 heterocycles. The lowest BCUT2D eigenvalue weighted by Gasteiger charge is -2.32. The van der Waals surface area contributed by atoms with Gasteiger partial charge in [-0.25, -0.2) is 4.98 Å². The van der Waals surface area contributed by atoms with Crippen LogP contribution in [0, 0.1) is 5.92 Å². The molecule has 0 atom stereocenters. The van der Waals surface area contributed by atoms with Crippen LogP contribution in [-0.4, -0.2) is 42.1 Å². The average molecular weight is 322 g/mol. The molecule has 1 N–H and O–H groups in total. The molecule has 1 aliphatic heterocycles. The van der Waals surface area contributed by atoms with Gasteiger partial charge in [-0.2, -0.15) is 13.2 Å². The van der Waals surface area contributed by atoms with Gasteiger partial charge in [-0.05, 0) is 25.0 Å². The lowest BCUT2D eigenvalue weighted by atomic mass is 9.96. The highest BCUT2D eigenvalue weighted by Gasteiger charge is 2.42. The van der Waals surface area contributed by atoms with Crippen LogP contribution in [0.1, 0.15) is 23.3 Å². The smallest absolute Gasteiger partial charge is 0.373 e. The molecule has 0 bridgehead atoms. The highest BCUT2D eigenvalue weighted by molar-refractivity contribution is 6.33. The van der Waals surface area contributed by atoms with E-state index >= 15 is 0 Å². The molecule has 0 radical (unpaired) electrons. The molecule has 1 aromatic rings. The molecule has 1 amide bonds. The van der Waals surface area contributed by atoms with E-state index in [0.717, 1.165) is 0 Å². The second-order valence-corrected chi connectivity index (χ2v) is 5.29. The standard InChI is InChI=1S/C13H15ClF3N3O/c1-18-10-3-2-9(14)11(19-10)12(21)20-6-4-8(5-7-20)13(15,16)17/h2-3,8H,4-7H2,1H3,(H,18,19). The summed E-state index contributed by atoms with van der Waals surface area (Å²) in [4.78, 5) is 17.8. The molecule has 21 heavy (non-hydrogen) atoms. The summed E-state index contributed by atoms with van der Waals surface area (Å²) in [5.74, 6) is -1.29. The first-order valence-electron chi connectivity index (χ1n) is 6.53. The molecule has 4 nitrogen and oxygen atoms in total. The van der Waals surface area contributed by atoms with Crippen molar-refractivity contribution in [3.05, 3.63) is 22.8 Å². The van der Waals surface area contributed by atoms with E-state index < -0.39 is 18.0 Å². The van der Waals surface area contributed by atoms with E-state index in [-0.39, 0.29) is 36.6 Å². The van der Waals surface area contributed by atoms with Crippen LogP contribution in [0.4, 0.5) is 19.0 Å². The number of hydrogen-bond donors (Lipinski definition) is 1. The van der Waals surface area contributed by atoms with Crippen molar-refractivity contribution >= 4 is 23.3 Å². The average Bonchev–Trinajstić information content (AvgIpc) is 2.46. The molecule has 1 aliphatic rings. The number of hydrogen-bond acceptors (Lipinski definition) is 3. The van der Waals surface area contributed by atoms with Crippen molar-refractivity contribution in [3.63, 3.8) is 0 Å². The quantitative estimate of drug-likeness (QED) is 0.910. The van der Waals surface area contributed by atoms with Crippen molar-refractivity contribution in [2.75, 3.05) is 25.5 Å². The van der Waals surface area contributed by atoms with Gasteiger partial charge in [0.2, 0.25) is 0 Å². The highest BCUT2D eigenvalue weighted by Crippen LogP contribution is 2.34. The van der Waals surface area contributed by atoms with Gasteiger partial charge < -0.3 is 10.2 Å². The van der Waals surface area contributed by atoms with E-state index in [1.807, 2.05) is 0 Å². The zero-order chi connectivity index (χ0) is 15.6. The second kappa shape index (κ2) is 6.09. The third-order valence-corrected chi connectivity index (χ3v) is 3.85. The minimum atomic E-state index is -4.20. The third kappa shape index (κ3) is 3.58. The van der Waals surface area contributed by atoms with Crippen molar-refractivity contribution in [3.8, 4) is 0 Å². The maximum atomic E-state index is 12.6. The molecule has 0 aliphatic carbocycles. The van der Waals surface area contributed by atoms with E-state index in [4.69, 9.17) is 11.6 Å². The van der Waals surface area contributed by atoms with Crippen molar-refractivity contribution in [2.45, 2.75) is 19.0 Å². The Bertz CT molecular complexity index is 528. The summed E-state index contributed by atoms with van der Waals surface area (Å²) in [6, 6.07) is 3.16. The second-order valence-electron chi connectivity index (χ2n) is 4.89. The molecular formula is C13H15ClF3N3O. The van der Waals surface area contributed by atoms with Crippen molar-refractivity contribution in [2.24, 2.45) is 5.92 Å². The first-order valence-corrected chi connectivity index (χ1v) is 6.91. The minimum absolute atomic E-state index is 0.0603. The number of nitrogens with one attached hydrogen (secondary N) is 1. The molecule has 8 heteroatoms. The number of piperidine rings is 1. The number of amides is 1. The summed E-state index contributed by atoms with van der Waals surface area (Å²) in [6.45, 7) is 0.121. The van der Waals surface area contributed by atoms with E-state index in [1.165, 1.54) is 11.0 Å². The van der Waals surface area contributed by atoms with Gasteiger partial charge in [0.25, 0.3) is 5.91 Å². The van der Waals surface area contributed by atoms with E-state index in [0.29, 0.717) is 5.82 Å². The molecule has 2 rings (SSSR count). The van der Waals surface area contributed by atoms with E-state index in [9.17, 15) is 18.0 Å². The third-order valence-electron chi connectivity index (χ3n) is 3.55. The predicted molar refractivity (Wildman–Crippen MR) is 73.5 cm³/mol. The summed E-state index contributed by atoms with van der Waals surface area (Å²) < 4.78 is 37.8. The lowest BCUT2D eigenvalue weighted by molar-refractivity contribution is -0.183. The normalized spacial score (nSPS) is 16.9. The fraction of sp³-hybridized carbons (Fsp3) is 0.538. The van der Waals surface area contributed by atoms with Gasteiger partial charge in [-0.1, -0.05) is 11.6 Å². The molecule has 0 aromatic carbocycles. The lowest BCUT2D eigenvalue weighted by Crippen LogP contribution is -2.42. The van der Waals surface area contributed by atoms with Gasteiger partial charge in [0.05, 0.1) is 10.9 Å². The van der Waals surface area contributed by atoms with Gasteiger partial charge in [-0.3, -0.25) is 4.79 Å². The van der Waals surface area contributed by atoms with Crippen LogP contribution in [0.3, 0.4) is 0 Å². The van der Waals surface area contributed by atoms with Gasteiger partial charge in [0.1, 0.15) is 11.5 Å². The monoisotopic (exact) mass is 321 g/mol. The Balaban J connectivity index is 2.09. The number of rotatable bonds is 2. The summed E-state index contributed by atoms with van der Waals surface area (Å²) in [5.41, 5.74) is 0.0639. The van der Waals surface area contributed by atoms with Crippen molar-refractivity contribution < 1.29 is 18.0 Å². The Hall–Kier alpha value is -1.50. The molecule has 1 saturated heterocycles. The maximum absolute atomic E-state index is 12.6. The van der Waals surface area contributed by atoms with E-state index in [2.05, 4.69) is 10.3 Å². The molecule has 0 spiro atoms. The Morgan fingerprint density at radius 3 is 2.52 bits per heavy atom. The number of pyridine rings is 1. The van der Waals surface area contributed by atoms with Crippen LogP contribution in [0.15, 0.2) is 12.1 Å². The first-order chi connectivity index (χ1) is 9.82. The Morgan fingerprint density at radius 2 is 2.00 bits per heavy atom. The van der Waals surface area contributed by atoms with Crippen LogP contribution in [-0.2, 0) is 0 Å². The number of anilines is 1. The number of alkyl halides is 3. The van der Waals surface area contributed by atoms with Crippen molar-refractivity contribution in [1.82, 2.24) is 9.88 Å². The Kier molecular flexibility index (Phi) is 4.61. The fourth-order valence-corrected chi connectivity index (χ4v) is 2.48.